The highest BCUT2D eigenvalue weighted by Crippen LogP contribution is 2.27. The number of nitrogens with two attached hydrogens (primary N) is 1. The van der Waals surface area contributed by atoms with Gasteiger partial charge in [0.15, 0.2) is 0 Å². The fourth-order valence-corrected chi connectivity index (χ4v) is 1.11. The van der Waals surface area contributed by atoms with Crippen LogP contribution in [0.25, 0.3) is 0 Å². The average Bonchev–Trinajstić information content (AvgIpc) is 2.28. The van der Waals surface area contributed by atoms with Crippen LogP contribution in [0, 0.1) is 0 Å². The number of hydrogen-bond donors (Lipinski definition) is 1. The first-order valence-corrected chi connectivity index (χ1v) is 4.85. The van der Waals surface area contributed by atoms with Gasteiger partial charge in [-0.05, 0) is 0 Å². The lowest BCUT2D eigenvalue weighted by Crippen LogP contribution is -2.12. The van der Waals surface area contributed by atoms with Gasteiger partial charge in [-0.1, -0.05) is 0 Å². The molecule has 1 aromatic carbocycles. The van der Waals surface area contributed by atoms with Crippen LogP contribution in [-0.4, -0.2) is 25.9 Å². The molecule has 0 spiro atoms. The minimum absolute atomic E-state index is 0.194. The lowest BCUT2D eigenvalue weighted by Gasteiger charge is -2.05. The number of hydrogen-bond acceptors (Lipinski definition) is 3. The Labute approximate surface area is 93.7 Å². The Morgan fingerprint density at radius 2 is 1.80 bits per heavy atom. The van der Waals surface area contributed by atoms with Crippen molar-refractivity contribution in [2.45, 2.75) is 0 Å². The Balaban J connectivity index is 3.07. The molecule has 0 aliphatic carbocycles. The highest BCUT2D eigenvalue weighted by atomic mass is 35.5. The molecule has 2 N–H and O–H groups in total. The minimum atomic E-state index is 0.194. The van der Waals surface area contributed by atoms with Gasteiger partial charge in [0.05, 0.1) is 25.8 Å². The van der Waals surface area contributed by atoms with E-state index in [1.165, 1.54) is 0 Å². The number of amidine groups is 1. The summed E-state index contributed by atoms with van der Waals surface area (Å²) in [7, 11) is 3.15. The largest absolute Gasteiger partial charge is 0.497 e. The molecule has 0 atom stereocenters. The summed E-state index contributed by atoms with van der Waals surface area (Å²) >= 11 is 5.53. The van der Waals surface area contributed by atoms with Gasteiger partial charge in [0, 0.05) is 18.2 Å². The summed E-state index contributed by atoms with van der Waals surface area (Å²) < 4.78 is 10.2. The summed E-state index contributed by atoms with van der Waals surface area (Å²) in [5.41, 5.74) is 6.18. The second-order valence-corrected chi connectivity index (χ2v) is 3.07. The van der Waals surface area contributed by atoms with Crippen LogP contribution in [-0.2, 0) is 0 Å². The number of rotatable bonds is 4. The molecule has 15 heavy (non-hydrogen) atoms. The van der Waals surface area contributed by atoms with Gasteiger partial charge in [0.25, 0.3) is 0 Å². The Morgan fingerprint density at radius 3 is 2.20 bits per heavy atom. The van der Waals surface area contributed by atoms with E-state index in [0.717, 1.165) is 0 Å². The van der Waals surface area contributed by atoms with Crippen molar-refractivity contribution in [1.82, 2.24) is 0 Å². The summed E-state index contributed by atoms with van der Waals surface area (Å²) in [6.45, 7) is 0. The molecule has 0 saturated heterocycles. The molecule has 0 aliphatic rings. The second kappa shape index (κ2) is 5.46. The molecule has 1 aromatic rings. The van der Waals surface area contributed by atoms with Crippen molar-refractivity contribution in [1.29, 1.82) is 0 Å². The maximum atomic E-state index is 5.53. The van der Waals surface area contributed by atoms with Crippen LogP contribution in [0.2, 0.25) is 0 Å². The molecule has 5 heteroatoms. The number of halogens is 1. The number of nitrogens with zero attached hydrogens (tertiary/aromatic N) is 1. The Morgan fingerprint density at radius 1 is 1.27 bits per heavy atom. The average molecular weight is 229 g/mol. The molecule has 0 fully saturated rings. The predicted molar refractivity (Wildman–Crippen MR) is 61.5 cm³/mol. The van der Waals surface area contributed by atoms with Gasteiger partial charge < -0.3 is 15.2 Å². The normalized spacial score (nSPS) is 11.3. The van der Waals surface area contributed by atoms with E-state index in [0.29, 0.717) is 23.0 Å². The minimum Gasteiger partial charge on any atom is -0.497 e. The molecule has 0 radical (unpaired) electrons. The monoisotopic (exact) mass is 228 g/mol. The first kappa shape index (κ1) is 11.7. The molecule has 0 aromatic heterocycles. The Hall–Kier alpha value is -1.42. The molecule has 0 heterocycles. The van der Waals surface area contributed by atoms with Crippen molar-refractivity contribution in [2.24, 2.45) is 10.7 Å². The third-order valence-electron chi connectivity index (χ3n) is 1.75. The Kier molecular flexibility index (Phi) is 4.24. The van der Waals surface area contributed by atoms with Crippen LogP contribution in [0.3, 0.4) is 0 Å². The number of alkyl halides is 1. The van der Waals surface area contributed by atoms with Crippen molar-refractivity contribution in [3.63, 3.8) is 0 Å². The van der Waals surface area contributed by atoms with E-state index in [2.05, 4.69) is 4.99 Å². The van der Waals surface area contributed by atoms with E-state index in [1.54, 1.807) is 32.4 Å². The molecule has 0 unspecified atom stereocenters. The van der Waals surface area contributed by atoms with Gasteiger partial charge in [0.2, 0.25) is 0 Å². The number of benzene rings is 1. The van der Waals surface area contributed by atoms with Gasteiger partial charge >= 0.3 is 0 Å². The highest BCUT2D eigenvalue weighted by Gasteiger charge is 2.01. The van der Waals surface area contributed by atoms with Crippen LogP contribution < -0.4 is 15.2 Å². The standard InChI is InChI=1S/C10H13ClN2O2/c1-14-8-3-7(13-10(12)6-11)4-9(5-8)15-2/h3-5H,6H2,1-2H3,(H2,12,13). The summed E-state index contributed by atoms with van der Waals surface area (Å²) in [6, 6.07) is 5.26. The van der Waals surface area contributed by atoms with Crippen LogP contribution >= 0.6 is 11.6 Å². The van der Waals surface area contributed by atoms with Crippen molar-refractivity contribution < 1.29 is 9.47 Å². The summed E-state index contributed by atoms with van der Waals surface area (Å²) in [4.78, 5) is 4.10. The predicted octanol–water partition coefficient (Wildman–Crippen LogP) is 1.93. The first-order valence-electron chi connectivity index (χ1n) is 4.31. The van der Waals surface area contributed by atoms with E-state index < -0.39 is 0 Å². The Bertz CT molecular complexity index is 344. The number of methoxy groups -OCH3 is 2. The molecule has 0 aliphatic heterocycles. The van der Waals surface area contributed by atoms with Crippen LogP contribution in [0.15, 0.2) is 23.2 Å². The summed E-state index contributed by atoms with van der Waals surface area (Å²) in [6.07, 6.45) is 0. The third kappa shape index (κ3) is 3.32. The summed E-state index contributed by atoms with van der Waals surface area (Å²) in [5.74, 6) is 1.87. The van der Waals surface area contributed by atoms with E-state index >= 15 is 0 Å². The SMILES string of the molecule is COc1cc(N=C(N)CCl)cc(OC)c1. The highest BCUT2D eigenvalue weighted by molar-refractivity contribution is 6.28. The van der Waals surface area contributed by atoms with Gasteiger partial charge in [0.1, 0.15) is 17.3 Å². The third-order valence-corrected chi connectivity index (χ3v) is 2.02. The van der Waals surface area contributed by atoms with Gasteiger partial charge in [-0.15, -0.1) is 11.6 Å². The molecule has 4 nitrogen and oxygen atoms in total. The smallest absolute Gasteiger partial charge is 0.124 e. The number of aliphatic imine (C=N–C) groups is 1. The van der Waals surface area contributed by atoms with Crippen molar-refractivity contribution in [3.8, 4) is 11.5 Å². The molecule has 0 amide bonds. The van der Waals surface area contributed by atoms with E-state index in [1.807, 2.05) is 0 Å². The van der Waals surface area contributed by atoms with Crippen molar-refractivity contribution in [3.05, 3.63) is 18.2 Å². The lowest BCUT2D eigenvalue weighted by atomic mass is 10.3. The van der Waals surface area contributed by atoms with Crippen LogP contribution in [0.4, 0.5) is 5.69 Å². The zero-order valence-corrected chi connectivity index (χ0v) is 9.41. The first-order chi connectivity index (χ1) is 7.19. The molecule has 82 valence electrons. The van der Waals surface area contributed by atoms with Crippen molar-refractivity contribution in [2.75, 3.05) is 20.1 Å². The molecule has 0 bridgehead atoms. The summed E-state index contributed by atoms with van der Waals surface area (Å²) in [5, 5.41) is 0. The molecule has 0 saturated carbocycles. The fraction of sp³-hybridized carbons (Fsp3) is 0.300. The van der Waals surface area contributed by atoms with E-state index in [4.69, 9.17) is 26.8 Å². The quantitative estimate of drug-likeness (QED) is 0.487. The molecular weight excluding hydrogens is 216 g/mol. The second-order valence-electron chi connectivity index (χ2n) is 2.81. The maximum Gasteiger partial charge on any atom is 0.124 e. The lowest BCUT2D eigenvalue weighted by molar-refractivity contribution is 0.394. The van der Waals surface area contributed by atoms with Crippen LogP contribution in [0.1, 0.15) is 0 Å². The maximum absolute atomic E-state index is 5.53. The van der Waals surface area contributed by atoms with E-state index in [9.17, 15) is 0 Å². The molecule has 1 rings (SSSR count). The zero-order chi connectivity index (χ0) is 11.3. The van der Waals surface area contributed by atoms with Crippen molar-refractivity contribution >= 4 is 23.1 Å². The van der Waals surface area contributed by atoms with E-state index in [-0.39, 0.29) is 5.88 Å². The van der Waals surface area contributed by atoms with Gasteiger partial charge in [-0.25, -0.2) is 4.99 Å². The van der Waals surface area contributed by atoms with Crippen LogP contribution in [0.5, 0.6) is 11.5 Å². The molecular formula is C10H13ClN2O2. The number of ether oxygens (including phenoxy) is 2. The zero-order valence-electron chi connectivity index (χ0n) is 8.66. The van der Waals surface area contributed by atoms with Gasteiger partial charge in [-0.3, -0.25) is 0 Å². The van der Waals surface area contributed by atoms with Gasteiger partial charge in [-0.2, -0.15) is 0 Å². The topological polar surface area (TPSA) is 56.8 Å². The fourth-order valence-electron chi connectivity index (χ4n) is 1.05.